The fourth-order valence-corrected chi connectivity index (χ4v) is 1.11. The maximum Gasteiger partial charge on any atom is 0.390 e. The molecule has 0 heterocycles. The Balaban J connectivity index is 4.17. The van der Waals surface area contributed by atoms with Gasteiger partial charge in [-0.05, 0) is 12.3 Å². The molecule has 0 saturated heterocycles. The highest BCUT2D eigenvalue weighted by atomic mass is 16.5. The molecule has 1 atom stereocenters. The minimum Gasteiger partial charge on any atom is -0.504 e. The lowest BCUT2D eigenvalue weighted by Gasteiger charge is -2.18. The maximum absolute atomic E-state index is 9.46. The summed E-state index contributed by atoms with van der Waals surface area (Å²) in [6.07, 6.45) is 2.65. The Bertz CT molecular complexity index is 219. The highest BCUT2D eigenvalue weighted by Gasteiger charge is 2.21. The number of hydrogen-bond donors (Lipinski definition) is 1. The fourth-order valence-electron chi connectivity index (χ4n) is 1.11. The van der Waals surface area contributed by atoms with Gasteiger partial charge in [-0.25, -0.2) is 0 Å². The summed E-state index contributed by atoms with van der Waals surface area (Å²) in [6.45, 7) is 6.57. The van der Waals surface area contributed by atoms with Crippen LogP contribution in [0.1, 0.15) is 33.6 Å². The second-order valence-corrected chi connectivity index (χ2v) is 3.56. The SMILES string of the molecule is CCCCOC(/C(O)=C/[N+]#N)C(C)C. The average Bonchev–Trinajstić information content (AvgIpc) is 2.12. The van der Waals surface area contributed by atoms with Crippen molar-refractivity contribution in [3.05, 3.63) is 16.9 Å². The molecule has 80 valence electrons. The van der Waals surface area contributed by atoms with Crippen LogP contribution in [0, 0.1) is 11.3 Å². The van der Waals surface area contributed by atoms with E-state index in [0.29, 0.717) is 6.61 Å². The molecule has 4 nitrogen and oxygen atoms in total. The van der Waals surface area contributed by atoms with Gasteiger partial charge in [0.15, 0.2) is 4.98 Å². The van der Waals surface area contributed by atoms with Gasteiger partial charge in [0.2, 0.25) is 11.2 Å². The van der Waals surface area contributed by atoms with E-state index in [1.807, 2.05) is 13.8 Å². The van der Waals surface area contributed by atoms with Gasteiger partial charge in [0.1, 0.15) is 6.10 Å². The topological polar surface area (TPSA) is 57.6 Å². The van der Waals surface area contributed by atoms with Crippen molar-refractivity contribution in [1.29, 1.82) is 5.39 Å². The summed E-state index contributed by atoms with van der Waals surface area (Å²) in [5, 5.41) is 17.7. The molecule has 0 aliphatic rings. The largest absolute Gasteiger partial charge is 0.504 e. The molecule has 14 heavy (non-hydrogen) atoms. The van der Waals surface area contributed by atoms with Gasteiger partial charge < -0.3 is 9.84 Å². The van der Waals surface area contributed by atoms with Crippen molar-refractivity contribution in [3.63, 3.8) is 0 Å². The van der Waals surface area contributed by atoms with E-state index >= 15 is 0 Å². The van der Waals surface area contributed by atoms with E-state index in [9.17, 15) is 5.11 Å². The molecule has 0 aromatic carbocycles. The number of aliphatic hydroxyl groups is 1. The van der Waals surface area contributed by atoms with E-state index in [0.717, 1.165) is 19.0 Å². The minimum absolute atomic E-state index is 0.0291. The predicted octanol–water partition coefficient (Wildman–Crippen LogP) is 3.08. The molecule has 0 rings (SSSR count). The summed E-state index contributed by atoms with van der Waals surface area (Å²) in [4.78, 5) is 2.78. The Kier molecular flexibility index (Phi) is 6.77. The van der Waals surface area contributed by atoms with Gasteiger partial charge in [-0.15, -0.1) is 0 Å². The summed E-state index contributed by atoms with van der Waals surface area (Å²) in [5.41, 5.74) is 0. The van der Waals surface area contributed by atoms with Crippen LogP contribution in [0.3, 0.4) is 0 Å². The molecule has 0 radical (unpaired) electrons. The standard InChI is InChI=1S/C10H18N2O2/c1-4-5-6-14-10(8(2)3)9(13)7-12-11/h7-8,10H,4-6H2,1-3H3/p+1/b9-7-. The molecule has 0 aromatic heterocycles. The van der Waals surface area contributed by atoms with Crippen LogP contribution >= 0.6 is 0 Å². The average molecular weight is 199 g/mol. The van der Waals surface area contributed by atoms with Crippen LogP contribution < -0.4 is 0 Å². The molecule has 0 aliphatic carbocycles. The van der Waals surface area contributed by atoms with E-state index < -0.39 is 0 Å². The molecule has 0 aromatic rings. The number of nitrogens with zero attached hydrogens (tertiary/aromatic N) is 2. The highest BCUT2D eigenvalue weighted by Crippen LogP contribution is 2.14. The first-order valence-corrected chi connectivity index (χ1v) is 4.98. The van der Waals surface area contributed by atoms with Crippen molar-refractivity contribution < 1.29 is 9.84 Å². The Hall–Kier alpha value is -1.08. The van der Waals surface area contributed by atoms with Crippen molar-refractivity contribution >= 4 is 0 Å². The molecule has 0 spiro atoms. The van der Waals surface area contributed by atoms with E-state index in [-0.39, 0.29) is 17.8 Å². The first kappa shape index (κ1) is 12.9. The van der Waals surface area contributed by atoms with E-state index in [2.05, 4.69) is 11.9 Å². The third-order valence-electron chi connectivity index (χ3n) is 1.88. The van der Waals surface area contributed by atoms with Gasteiger partial charge in [-0.1, -0.05) is 27.2 Å². The van der Waals surface area contributed by atoms with Crippen LogP contribution in [-0.2, 0) is 4.74 Å². The monoisotopic (exact) mass is 199 g/mol. The van der Waals surface area contributed by atoms with Crippen molar-refractivity contribution in [2.24, 2.45) is 5.92 Å². The van der Waals surface area contributed by atoms with E-state index in [1.165, 1.54) is 0 Å². The van der Waals surface area contributed by atoms with Gasteiger partial charge in [-0.2, -0.15) is 0 Å². The quantitative estimate of drug-likeness (QED) is 0.406. The molecule has 0 bridgehead atoms. The van der Waals surface area contributed by atoms with Crippen LogP contribution in [0.25, 0.3) is 4.98 Å². The van der Waals surface area contributed by atoms with Crippen LogP contribution in [0.2, 0.25) is 0 Å². The number of diazo groups is 1. The van der Waals surface area contributed by atoms with Crippen LogP contribution in [0.5, 0.6) is 0 Å². The molecule has 1 N–H and O–H groups in total. The summed E-state index contributed by atoms with van der Waals surface area (Å²) >= 11 is 0. The smallest absolute Gasteiger partial charge is 0.390 e. The zero-order chi connectivity index (χ0) is 11.0. The molecule has 0 saturated carbocycles. The maximum atomic E-state index is 9.46. The summed E-state index contributed by atoms with van der Waals surface area (Å²) < 4.78 is 5.47. The number of aliphatic hydroxyl groups excluding tert-OH is 1. The molecule has 1 unspecified atom stereocenters. The highest BCUT2D eigenvalue weighted by molar-refractivity contribution is 5.03. The Morgan fingerprint density at radius 1 is 1.57 bits per heavy atom. The minimum atomic E-state index is -0.377. The van der Waals surface area contributed by atoms with Gasteiger partial charge in [0.25, 0.3) is 0 Å². The van der Waals surface area contributed by atoms with Crippen LogP contribution in [-0.4, -0.2) is 17.8 Å². The lowest BCUT2D eigenvalue weighted by molar-refractivity contribution is 0.0191. The normalized spacial score (nSPS) is 14.1. The van der Waals surface area contributed by atoms with Gasteiger partial charge in [0, 0.05) is 6.61 Å². The first-order valence-electron chi connectivity index (χ1n) is 4.98. The second kappa shape index (κ2) is 7.34. The summed E-state index contributed by atoms with van der Waals surface area (Å²) in [6, 6.07) is 0. The van der Waals surface area contributed by atoms with Gasteiger partial charge in [-0.3, -0.25) is 0 Å². The molecular formula is C10H19N2O2+. The van der Waals surface area contributed by atoms with E-state index in [1.54, 1.807) is 0 Å². The van der Waals surface area contributed by atoms with Gasteiger partial charge in [0.05, 0.1) is 0 Å². The fraction of sp³-hybridized carbons (Fsp3) is 0.800. The molecule has 0 amide bonds. The Labute approximate surface area is 85.2 Å². The van der Waals surface area contributed by atoms with Gasteiger partial charge >= 0.3 is 6.20 Å². The zero-order valence-electron chi connectivity index (χ0n) is 9.10. The Morgan fingerprint density at radius 3 is 2.64 bits per heavy atom. The number of hydrogen-bond acceptors (Lipinski definition) is 3. The number of ether oxygens (including phenoxy) is 1. The summed E-state index contributed by atoms with van der Waals surface area (Å²) in [7, 11) is 0. The second-order valence-electron chi connectivity index (χ2n) is 3.56. The first-order chi connectivity index (χ1) is 6.63. The summed E-state index contributed by atoms with van der Waals surface area (Å²) in [5.74, 6) is 0.128. The third kappa shape index (κ3) is 4.83. The van der Waals surface area contributed by atoms with Crippen LogP contribution in [0.4, 0.5) is 0 Å². The lowest BCUT2D eigenvalue weighted by Crippen LogP contribution is -2.22. The van der Waals surface area contributed by atoms with E-state index in [4.69, 9.17) is 10.1 Å². The number of rotatable bonds is 6. The third-order valence-corrected chi connectivity index (χ3v) is 1.88. The zero-order valence-corrected chi connectivity index (χ0v) is 9.10. The van der Waals surface area contributed by atoms with Crippen molar-refractivity contribution in [2.75, 3.05) is 6.61 Å². The Morgan fingerprint density at radius 2 is 2.21 bits per heavy atom. The molecule has 4 heteroatoms. The van der Waals surface area contributed by atoms with Crippen molar-refractivity contribution in [3.8, 4) is 0 Å². The lowest BCUT2D eigenvalue weighted by atomic mass is 10.1. The van der Waals surface area contributed by atoms with Crippen molar-refractivity contribution in [2.45, 2.75) is 39.7 Å². The molecule has 0 aliphatic heterocycles. The van der Waals surface area contributed by atoms with Crippen molar-refractivity contribution in [1.82, 2.24) is 0 Å². The molecular weight excluding hydrogens is 180 g/mol. The number of unbranched alkanes of at least 4 members (excludes halogenated alkanes) is 1. The van der Waals surface area contributed by atoms with Crippen LogP contribution in [0.15, 0.2) is 12.0 Å². The molecule has 0 fully saturated rings. The predicted molar refractivity (Wildman–Crippen MR) is 55.3 cm³/mol.